The first kappa shape index (κ1) is 13.3. The van der Waals surface area contributed by atoms with Crippen molar-refractivity contribution in [1.82, 2.24) is 4.48 Å². The van der Waals surface area contributed by atoms with E-state index in [2.05, 4.69) is 91.0 Å². The standard InChI is InChI=1S/C19H19BN2/c1-14-8-6-9-15(2)19(14)20-21(3)17-11-5-4-10-16(17)18-12-7-13-22(18)20/h4-13H,1-3H3. The number of nitrogens with zero attached hydrogens (tertiary/aromatic N) is 2. The van der Waals surface area contributed by atoms with Gasteiger partial charge in [0.05, 0.1) is 0 Å². The van der Waals surface area contributed by atoms with Crippen LogP contribution in [0.25, 0.3) is 11.3 Å². The normalized spacial score (nSPS) is 13.0. The third-order valence-corrected chi connectivity index (χ3v) is 4.77. The molecule has 0 unspecified atom stereocenters. The molecule has 1 aliphatic rings. The molecule has 0 saturated carbocycles. The number of aromatic nitrogens is 1. The molecule has 22 heavy (non-hydrogen) atoms. The maximum atomic E-state index is 2.39. The molecule has 108 valence electrons. The number of anilines is 1. The largest absolute Gasteiger partial charge is 0.415 e. The van der Waals surface area contributed by atoms with Crippen LogP contribution in [0.4, 0.5) is 5.69 Å². The minimum Gasteiger partial charge on any atom is -0.394 e. The first-order valence-corrected chi connectivity index (χ1v) is 7.73. The fourth-order valence-corrected chi connectivity index (χ4v) is 3.72. The van der Waals surface area contributed by atoms with Gasteiger partial charge < -0.3 is 9.29 Å². The summed E-state index contributed by atoms with van der Waals surface area (Å²) in [5.41, 5.74) is 7.98. The molecule has 0 fully saturated rings. The van der Waals surface area contributed by atoms with Gasteiger partial charge in [-0.2, -0.15) is 0 Å². The molecule has 0 saturated heterocycles. The van der Waals surface area contributed by atoms with Gasteiger partial charge in [-0.05, 0) is 50.8 Å². The van der Waals surface area contributed by atoms with E-state index in [1.165, 1.54) is 33.5 Å². The Balaban J connectivity index is 2.00. The number of aryl methyl sites for hydroxylation is 2. The number of benzene rings is 2. The Morgan fingerprint density at radius 2 is 1.55 bits per heavy atom. The summed E-state index contributed by atoms with van der Waals surface area (Å²) in [6.07, 6.45) is 2.19. The minimum absolute atomic E-state index is 0.209. The van der Waals surface area contributed by atoms with Gasteiger partial charge in [0.2, 0.25) is 0 Å². The number of hydrogen-bond donors (Lipinski definition) is 0. The molecular weight excluding hydrogens is 267 g/mol. The first-order chi connectivity index (χ1) is 10.7. The molecule has 0 atom stereocenters. The van der Waals surface area contributed by atoms with Crippen LogP contribution in [-0.4, -0.2) is 18.5 Å². The van der Waals surface area contributed by atoms with Gasteiger partial charge in [-0.3, -0.25) is 0 Å². The van der Waals surface area contributed by atoms with Crippen LogP contribution in [0.3, 0.4) is 0 Å². The van der Waals surface area contributed by atoms with Gasteiger partial charge in [-0.25, -0.2) is 0 Å². The molecule has 4 rings (SSSR count). The second kappa shape index (κ2) is 4.80. The third kappa shape index (κ3) is 1.75. The molecule has 2 heterocycles. The van der Waals surface area contributed by atoms with Crippen molar-refractivity contribution in [2.24, 2.45) is 0 Å². The van der Waals surface area contributed by atoms with Crippen molar-refractivity contribution in [1.29, 1.82) is 0 Å². The maximum Gasteiger partial charge on any atom is 0.415 e. The van der Waals surface area contributed by atoms with Crippen LogP contribution < -0.4 is 10.3 Å². The lowest BCUT2D eigenvalue weighted by Crippen LogP contribution is -2.55. The molecule has 0 aliphatic carbocycles. The minimum atomic E-state index is 0.209. The smallest absolute Gasteiger partial charge is 0.394 e. The van der Waals surface area contributed by atoms with Crippen LogP contribution in [0.2, 0.25) is 0 Å². The van der Waals surface area contributed by atoms with E-state index >= 15 is 0 Å². The fourth-order valence-electron chi connectivity index (χ4n) is 3.72. The molecule has 0 spiro atoms. The van der Waals surface area contributed by atoms with Gasteiger partial charge in [0, 0.05) is 16.9 Å². The fraction of sp³-hybridized carbons (Fsp3) is 0.158. The Morgan fingerprint density at radius 3 is 2.32 bits per heavy atom. The van der Waals surface area contributed by atoms with E-state index in [4.69, 9.17) is 0 Å². The van der Waals surface area contributed by atoms with Gasteiger partial charge in [-0.15, -0.1) is 0 Å². The van der Waals surface area contributed by atoms with Crippen molar-refractivity contribution in [3.63, 3.8) is 0 Å². The van der Waals surface area contributed by atoms with E-state index in [9.17, 15) is 0 Å². The highest BCUT2D eigenvalue weighted by Crippen LogP contribution is 2.35. The quantitative estimate of drug-likeness (QED) is 0.622. The highest BCUT2D eigenvalue weighted by atomic mass is 15.2. The number of rotatable bonds is 1. The molecule has 2 nitrogen and oxygen atoms in total. The molecule has 3 heteroatoms. The molecule has 1 aromatic heterocycles. The zero-order chi connectivity index (χ0) is 15.3. The molecule has 3 aromatic rings. The lowest BCUT2D eigenvalue weighted by Gasteiger charge is -2.36. The van der Waals surface area contributed by atoms with E-state index in [0.717, 1.165) is 0 Å². The zero-order valence-electron chi connectivity index (χ0n) is 13.2. The molecule has 0 bridgehead atoms. The van der Waals surface area contributed by atoms with E-state index in [0.29, 0.717) is 0 Å². The lowest BCUT2D eigenvalue weighted by molar-refractivity contribution is 1.11. The van der Waals surface area contributed by atoms with Crippen molar-refractivity contribution in [3.05, 3.63) is 71.9 Å². The van der Waals surface area contributed by atoms with Crippen LogP contribution >= 0.6 is 0 Å². The van der Waals surface area contributed by atoms with Gasteiger partial charge in [0.1, 0.15) is 0 Å². The van der Waals surface area contributed by atoms with E-state index in [1.54, 1.807) is 0 Å². The third-order valence-electron chi connectivity index (χ3n) is 4.77. The SMILES string of the molecule is Cc1cccc(C)c1B1N(C)c2ccccc2-c2cccn21. The van der Waals surface area contributed by atoms with Crippen LogP contribution in [0.1, 0.15) is 11.1 Å². The molecular formula is C19H19BN2. The Hall–Kier alpha value is -2.42. The molecule has 2 aromatic carbocycles. The summed E-state index contributed by atoms with van der Waals surface area (Å²) in [4.78, 5) is 2.39. The van der Waals surface area contributed by atoms with Crippen molar-refractivity contribution in [2.75, 3.05) is 11.9 Å². The Kier molecular flexibility index (Phi) is 2.90. The zero-order valence-corrected chi connectivity index (χ0v) is 13.2. The first-order valence-electron chi connectivity index (χ1n) is 7.73. The van der Waals surface area contributed by atoms with E-state index in [-0.39, 0.29) is 6.98 Å². The van der Waals surface area contributed by atoms with Crippen molar-refractivity contribution in [3.8, 4) is 11.3 Å². The molecule has 1 aliphatic heterocycles. The lowest BCUT2D eigenvalue weighted by atomic mass is 9.60. The van der Waals surface area contributed by atoms with Crippen LogP contribution in [0.15, 0.2) is 60.8 Å². The highest BCUT2D eigenvalue weighted by molar-refractivity contribution is 6.77. The average Bonchev–Trinajstić information content (AvgIpc) is 2.99. The number of fused-ring (bicyclic) bond motifs is 3. The summed E-state index contributed by atoms with van der Waals surface area (Å²) in [6, 6.07) is 19.6. The monoisotopic (exact) mass is 286 g/mol. The second-order valence-corrected chi connectivity index (χ2v) is 6.11. The highest BCUT2D eigenvalue weighted by Gasteiger charge is 2.35. The van der Waals surface area contributed by atoms with Crippen molar-refractivity contribution in [2.45, 2.75) is 13.8 Å². The van der Waals surface area contributed by atoms with Crippen LogP contribution in [0, 0.1) is 13.8 Å². The average molecular weight is 286 g/mol. The summed E-state index contributed by atoms with van der Waals surface area (Å²) >= 11 is 0. The van der Waals surface area contributed by atoms with Crippen LogP contribution in [-0.2, 0) is 0 Å². The summed E-state index contributed by atoms with van der Waals surface area (Å²) in [5, 5.41) is 0. The molecule has 0 amide bonds. The van der Waals surface area contributed by atoms with Gasteiger partial charge in [-0.1, -0.05) is 47.5 Å². The topological polar surface area (TPSA) is 8.17 Å². The van der Waals surface area contributed by atoms with Crippen LogP contribution in [0.5, 0.6) is 0 Å². The number of hydrogen-bond acceptors (Lipinski definition) is 1. The van der Waals surface area contributed by atoms with E-state index in [1.807, 2.05) is 0 Å². The molecule has 0 radical (unpaired) electrons. The summed E-state index contributed by atoms with van der Waals surface area (Å²) in [7, 11) is 2.19. The summed E-state index contributed by atoms with van der Waals surface area (Å²) in [6.45, 7) is 4.63. The van der Waals surface area contributed by atoms with E-state index < -0.39 is 0 Å². The predicted molar refractivity (Wildman–Crippen MR) is 95.0 cm³/mol. The van der Waals surface area contributed by atoms with Crippen molar-refractivity contribution < 1.29 is 0 Å². The maximum absolute atomic E-state index is 2.39. The van der Waals surface area contributed by atoms with Gasteiger partial charge in [0.15, 0.2) is 0 Å². The Morgan fingerprint density at radius 1 is 0.818 bits per heavy atom. The number of para-hydroxylation sites is 1. The summed E-state index contributed by atoms with van der Waals surface area (Å²) < 4.78 is 2.39. The second-order valence-electron chi connectivity index (χ2n) is 6.11. The Bertz CT molecular complexity index is 830. The predicted octanol–water partition coefficient (Wildman–Crippen LogP) is 3.47. The van der Waals surface area contributed by atoms with Gasteiger partial charge in [0.25, 0.3) is 0 Å². The van der Waals surface area contributed by atoms with Crippen molar-refractivity contribution >= 4 is 18.1 Å². The van der Waals surface area contributed by atoms with Gasteiger partial charge >= 0.3 is 6.98 Å². The molecule has 0 N–H and O–H groups in total. The summed E-state index contributed by atoms with van der Waals surface area (Å²) in [5.74, 6) is 0. The Labute approximate surface area is 132 Å².